The van der Waals surface area contributed by atoms with E-state index < -0.39 is 10.8 Å². The van der Waals surface area contributed by atoms with E-state index in [9.17, 15) is 19.7 Å². The number of hydrogen-bond acceptors (Lipinski definition) is 6. The van der Waals surface area contributed by atoms with Crippen LogP contribution >= 0.6 is 0 Å². The first-order chi connectivity index (χ1) is 13.5. The van der Waals surface area contributed by atoms with Crippen molar-refractivity contribution < 1.29 is 19.2 Å². The Balaban J connectivity index is 1.51. The van der Waals surface area contributed by atoms with Crippen LogP contribution in [0.4, 0.5) is 11.4 Å². The van der Waals surface area contributed by atoms with Crippen molar-refractivity contribution in [2.24, 2.45) is 0 Å². The molecule has 2 aliphatic rings. The summed E-state index contributed by atoms with van der Waals surface area (Å²) >= 11 is 0. The van der Waals surface area contributed by atoms with E-state index in [2.05, 4.69) is 10.6 Å². The van der Waals surface area contributed by atoms with Gasteiger partial charge in [-0.1, -0.05) is 25.7 Å². The fraction of sp³-hybridized carbons (Fsp3) is 0.579. The van der Waals surface area contributed by atoms with Gasteiger partial charge in [-0.25, -0.2) is 0 Å². The lowest BCUT2D eigenvalue weighted by Gasteiger charge is -2.28. The largest absolute Gasteiger partial charge is 0.482 e. The van der Waals surface area contributed by atoms with Crippen molar-refractivity contribution in [1.82, 2.24) is 10.6 Å². The van der Waals surface area contributed by atoms with Crippen LogP contribution in [0, 0.1) is 10.1 Å². The molecule has 1 saturated carbocycles. The van der Waals surface area contributed by atoms with Crippen molar-refractivity contribution >= 4 is 23.2 Å². The number of amides is 2. The van der Waals surface area contributed by atoms with Gasteiger partial charge in [-0.3, -0.25) is 24.6 Å². The second-order valence-corrected chi connectivity index (χ2v) is 7.17. The second-order valence-electron chi connectivity index (χ2n) is 7.17. The molecule has 3 rings (SSSR count). The maximum absolute atomic E-state index is 12.3. The molecule has 1 aromatic rings. The van der Waals surface area contributed by atoms with E-state index in [1.54, 1.807) is 0 Å². The van der Waals surface area contributed by atoms with E-state index in [1.807, 2.05) is 0 Å². The first kappa shape index (κ1) is 20.1. The highest BCUT2D eigenvalue weighted by Gasteiger charge is 2.29. The normalized spacial score (nSPS) is 17.4. The zero-order valence-electron chi connectivity index (χ0n) is 15.8. The third-order valence-corrected chi connectivity index (χ3v) is 5.13. The number of rotatable bonds is 7. The molecular formula is C19H26N4O5. The molecule has 1 aliphatic carbocycles. The van der Waals surface area contributed by atoms with Crippen LogP contribution in [0.5, 0.6) is 5.75 Å². The quantitative estimate of drug-likeness (QED) is 0.317. The zero-order valence-corrected chi connectivity index (χ0v) is 15.8. The number of carbonyl (C=O) groups is 2. The smallest absolute Gasteiger partial charge is 0.271 e. The monoisotopic (exact) mass is 390 g/mol. The predicted octanol–water partition coefficient (Wildman–Crippen LogP) is 1.75. The molecule has 1 fully saturated rings. The average Bonchev–Trinajstić information content (AvgIpc) is 2.96. The Morgan fingerprint density at radius 1 is 1.21 bits per heavy atom. The van der Waals surface area contributed by atoms with Gasteiger partial charge in [0.1, 0.15) is 12.3 Å². The fourth-order valence-corrected chi connectivity index (χ4v) is 3.64. The number of anilines is 1. The zero-order chi connectivity index (χ0) is 19.9. The predicted molar refractivity (Wildman–Crippen MR) is 103 cm³/mol. The third-order valence-electron chi connectivity index (χ3n) is 5.13. The number of carbonyl (C=O) groups excluding carboxylic acids is 2. The minimum absolute atomic E-state index is 0.157. The van der Waals surface area contributed by atoms with Gasteiger partial charge in [-0.2, -0.15) is 0 Å². The number of nitrogens with zero attached hydrogens (tertiary/aromatic N) is 2. The van der Waals surface area contributed by atoms with Crippen LogP contribution in [0.3, 0.4) is 0 Å². The lowest BCUT2D eigenvalue weighted by molar-refractivity contribution is -0.384. The molecular weight excluding hydrogens is 364 g/mol. The van der Waals surface area contributed by atoms with Crippen LogP contribution in [0.2, 0.25) is 0 Å². The Kier molecular flexibility index (Phi) is 6.80. The van der Waals surface area contributed by atoms with Crippen LogP contribution in [0.25, 0.3) is 0 Å². The molecule has 152 valence electrons. The number of ether oxygens (including phenoxy) is 1. The maximum atomic E-state index is 12.3. The number of fused-ring (bicyclic) bond motifs is 1. The van der Waals surface area contributed by atoms with E-state index in [0.717, 1.165) is 0 Å². The molecule has 2 N–H and O–H groups in total. The van der Waals surface area contributed by atoms with Gasteiger partial charge in [0.25, 0.3) is 11.6 Å². The standard InChI is InChI=1S/C19H26N4O5/c24-18(21-10-9-20-14-5-3-1-2-4-6-14)12-22-16-11-15(23(26)27)7-8-17(16)28-13-19(22)25/h7-8,11,14,20H,1-6,9-10,12-13H2,(H,21,24). The molecule has 9 heteroatoms. The summed E-state index contributed by atoms with van der Waals surface area (Å²) < 4.78 is 5.30. The molecule has 9 nitrogen and oxygen atoms in total. The number of nitro groups is 1. The first-order valence-corrected chi connectivity index (χ1v) is 9.76. The number of benzene rings is 1. The molecule has 1 aromatic carbocycles. The van der Waals surface area contributed by atoms with Crippen molar-refractivity contribution in [1.29, 1.82) is 0 Å². The number of nitro benzene ring substituents is 1. The molecule has 0 bridgehead atoms. The molecule has 1 aliphatic heterocycles. The summed E-state index contributed by atoms with van der Waals surface area (Å²) in [5.74, 6) is -0.358. The van der Waals surface area contributed by atoms with Gasteiger partial charge in [0, 0.05) is 31.3 Å². The Hall–Kier alpha value is -2.68. The number of nitrogens with one attached hydrogen (secondary N) is 2. The van der Waals surface area contributed by atoms with Gasteiger partial charge in [0.15, 0.2) is 6.61 Å². The Morgan fingerprint density at radius 2 is 1.96 bits per heavy atom. The summed E-state index contributed by atoms with van der Waals surface area (Å²) in [6.07, 6.45) is 7.42. The van der Waals surface area contributed by atoms with Crippen molar-refractivity contribution in [2.45, 2.75) is 44.6 Å². The van der Waals surface area contributed by atoms with E-state index in [0.29, 0.717) is 24.9 Å². The van der Waals surface area contributed by atoms with Crippen LogP contribution in [-0.2, 0) is 9.59 Å². The minimum Gasteiger partial charge on any atom is -0.482 e. The van der Waals surface area contributed by atoms with E-state index in [-0.39, 0.29) is 30.4 Å². The van der Waals surface area contributed by atoms with Gasteiger partial charge in [-0.15, -0.1) is 0 Å². The van der Waals surface area contributed by atoms with Gasteiger partial charge in [0.2, 0.25) is 5.91 Å². The van der Waals surface area contributed by atoms with E-state index >= 15 is 0 Å². The highest BCUT2D eigenvalue weighted by Crippen LogP contribution is 2.35. The molecule has 1 heterocycles. The van der Waals surface area contributed by atoms with Crippen molar-refractivity contribution in [3.8, 4) is 5.75 Å². The van der Waals surface area contributed by atoms with E-state index in [1.165, 1.54) is 61.6 Å². The molecule has 0 radical (unpaired) electrons. The van der Waals surface area contributed by atoms with Crippen molar-refractivity contribution in [2.75, 3.05) is 31.1 Å². The van der Waals surface area contributed by atoms with Crippen LogP contribution in [0.15, 0.2) is 18.2 Å². The van der Waals surface area contributed by atoms with Crippen LogP contribution in [-0.4, -0.2) is 49.0 Å². The highest BCUT2D eigenvalue weighted by molar-refractivity contribution is 6.02. The summed E-state index contributed by atoms with van der Waals surface area (Å²) in [6, 6.07) is 4.52. The Bertz CT molecular complexity index is 731. The average molecular weight is 390 g/mol. The Labute approximate surface area is 163 Å². The summed E-state index contributed by atoms with van der Waals surface area (Å²) in [6.45, 7) is 0.756. The SMILES string of the molecule is O=C(CN1C(=O)COc2ccc([N+](=O)[O-])cc21)NCCNC1CCCCCC1. The van der Waals surface area contributed by atoms with Gasteiger partial charge in [-0.05, 0) is 18.9 Å². The summed E-state index contributed by atoms with van der Waals surface area (Å²) in [5, 5.41) is 17.3. The lowest BCUT2D eigenvalue weighted by Crippen LogP contribution is -2.46. The molecule has 0 unspecified atom stereocenters. The summed E-state index contributed by atoms with van der Waals surface area (Å²) in [5.41, 5.74) is 0.0900. The first-order valence-electron chi connectivity index (χ1n) is 9.76. The second kappa shape index (κ2) is 9.50. The van der Waals surface area contributed by atoms with Crippen molar-refractivity contribution in [3.05, 3.63) is 28.3 Å². The lowest BCUT2D eigenvalue weighted by atomic mass is 10.1. The van der Waals surface area contributed by atoms with Gasteiger partial charge >= 0.3 is 0 Å². The Morgan fingerprint density at radius 3 is 2.68 bits per heavy atom. The molecule has 0 saturated heterocycles. The number of hydrogen-bond donors (Lipinski definition) is 2. The van der Waals surface area contributed by atoms with Crippen LogP contribution in [0.1, 0.15) is 38.5 Å². The van der Waals surface area contributed by atoms with Crippen molar-refractivity contribution in [3.63, 3.8) is 0 Å². The van der Waals surface area contributed by atoms with Gasteiger partial charge in [0.05, 0.1) is 10.6 Å². The third kappa shape index (κ3) is 5.19. The molecule has 0 spiro atoms. The van der Waals surface area contributed by atoms with Gasteiger partial charge < -0.3 is 15.4 Å². The van der Waals surface area contributed by atoms with Crippen LogP contribution < -0.4 is 20.3 Å². The molecule has 2 amide bonds. The summed E-state index contributed by atoms with van der Waals surface area (Å²) in [7, 11) is 0. The fourth-order valence-electron chi connectivity index (χ4n) is 3.64. The topological polar surface area (TPSA) is 114 Å². The molecule has 0 aromatic heterocycles. The number of non-ortho nitro benzene ring substituents is 1. The maximum Gasteiger partial charge on any atom is 0.271 e. The highest BCUT2D eigenvalue weighted by atomic mass is 16.6. The summed E-state index contributed by atoms with van der Waals surface area (Å²) in [4.78, 5) is 36.2. The minimum atomic E-state index is -0.545. The molecule has 0 atom stereocenters. The van der Waals surface area contributed by atoms with E-state index in [4.69, 9.17) is 4.74 Å². The molecule has 28 heavy (non-hydrogen) atoms.